The van der Waals surface area contributed by atoms with E-state index >= 15 is 0 Å². The van der Waals surface area contributed by atoms with E-state index in [-0.39, 0.29) is 5.75 Å². The van der Waals surface area contributed by atoms with Crippen molar-refractivity contribution in [2.45, 2.75) is 4.90 Å². The Balaban J connectivity index is 2.30. The van der Waals surface area contributed by atoms with E-state index in [2.05, 4.69) is 0 Å². The van der Waals surface area contributed by atoms with Crippen molar-refractivity contribution >= 4 is 45.1 Å². The number of thiophene rings is 1. The summed E-state index contributed by atoms with van der Waals surface area (Å²) in [5.41, 5.74) is 0. The Morgan fingerprint density at radius 2 is 2.00 bits per heavy atom. The SMILES string of the molecule is O=C(O)CSc1ccc2cc(C(=O)O)sc2c1. The third kappa shape index (κ3) is 2.78. The molecular weight excluding hydrogens is 260 g/mol. The summed E-state index contributed by atoms with van der Waals surface area (Å²) >= 11 is 2.41. The smallest absolute Gasteiger partial charge is 0.345 e. The Hall–Kier alpha value is -1.53. The van der Waals surface area contributed by atoms with Crippen molar-refractivity contribution in [2.75, 3.05) is 5.75 Å². The molecule has 1 aromatic heterocycles. The van der Waals surface area contributed by atoms with Gasteiger partial charge in [0.2, 0.25) is 0 Å². The van der Waals surface area contributed by atoms with Crippen LogP contribution in [0.5, 0.6) is 0 Å². The van der Waals surface area contributed by atoms with Crippen LogP contribution in [0.25, 0.3) is 10.1 Å². The highest BCUT2D eigenvalue weighted by atomic mass is 32.2. The second kappa shape index (κ2) is 4.77. The Kier molecular flexibility index (Phi) is 3.35. The first-order chi connectivity index (χ1) is 8.06. The van der Waals surface area contributed by atoms with E-state index in [0.717, 1.165) is 15.0 Å². The van der Waals surface area contributed by atoms with Gasteiger partial charge in [-0.15, -0.1) is 23.1 Å². The number of hydrogen-bond acceptors (Lipinski definition) is 4. The quantitative estimate of drug-likeness (QED) is 0.834. The van der Waals surface area contributed by atoms with E-state index in [1.165, 1.54) is 23.1 Å². The van der Waals surface area contributed by atoms with Gasteiger partial charge >= 0.3 is 11.9 Å². The van der Waals surface area contributed by atoms with Gasteiger partial charge in [0.25, 0.3) is 0 Å². The summed E-state index contributed by atoms with van der Waals surface area (Å²) < 4.78 is 0.859. The summed E-state index contributed by atoms with van der Waals surface area (Å²) in [5.74, 6) is -1.80. The third-order valence-electron chi connectivity index (χ3n) is 2.06. The normalized spacial score (nSPS) is 10.6. The van der Waals surface area contributed by atoms with Crippen LogP contribution < -0.4 is 0 Å². The Morgan fingerprint density at radius 3 is 2.65 bits per heavy atom. The molecule has 1 heterocycles. The average molecular weight is 268 g/mol. The summed E-state index contributed by atoms with van der Waals surface area (Å²) in [4.78, 5) is 22.4. The van der Waals surface area contributed by atoms with Gasteiger partial charge < -0.3 is 10.2 Å². The highest BCUT2D eigenvalue weighted by Crippen LogP contribution is 2.30. The molecule has 0 fully saturated rings. The van der Waals surface area contributed by atoms with E-state index in [9.17, 15) is 9.59 Å². The Labute approximate surface area is 105 Å². The monoisotopic (exact) mass is 268 g/mol. The lowest BCUT2D eigenvalue weighted by molar-refractivity contribution is -0.133. The summed E-state index contributed by atoms with van der Waals surface area (Å²) in [7, 11) is 0. The van der Waals surface area contributed by atoms with E-state index < -0.39 is 11.9 Å². The largest absolute Gasteiger partial charge is 0.481 e. The number of rotatable bonds is 4. The lowest BCUT2D eigenvalue weighted by Crippen LogP contribution is -1.96. The molecule has 6 heteroatoms. The van der Waals surface area contributed by atoms with Crippen LogP contribution in [0.4, 0.5) is 0 Å². The number of carboxylic acids is 2. The van der Waals surface area contributed by atoms with Crippen molar-refractivity contribution in [3.63, 3.8) is 0 Å². The minimum atomic E-state index is -0.939. The zero-order chi connectivity index (χ0) is 12.4. The first-order valence-electron chi connectivity index (χ1n) is 4.68. The number of carboxylic acid groups (broad SMARTS) is 2. The van der Waals surface area contributed by atoms with Gasteiger partial charge in [-0.3, -0.25) is 4.79 Å². The standard InChI is InChI=1S/C11H8O4S2/c12-10(13)5-16-7-2-1-6-3-9(11(14)15)17-8(6)4-7/h1-4H,5H2,(H,12,13)(H,14,15). The van der Waals surface area contributed by atoms with Crippen LogP contribution in [0.3, 0.4) is 0 Å². The molecule has 2 N–H and O–H groups in total. The number of benzene rings is 1. The number of hydrogen-bond donors (Lipinski definition) is 2. The van der Waals surface area contributed by atoms with Crippen molar-refractivity contribution in [1.29, 1.82) is 0 Å². The van der Waals surface area contributed by atoms with E-state index in [0.29, 0.717) is 4.88 Å². The molecule has 17 heavy (non-hydrogen) atoms. The van der Waals surface area contributed by atoms with Crippen LogP contribution in [-0.4, -0.2) is 27.9 Å². The van der Waals surface area contributed by atoms with Crippen molar-refractivity contribution in [1.82, 2.24) is 0 Å². The van der Waals surface area contributed by atoms with Crippen LogP contribution in [0, 0.1) is 0 Å². The maximum absolute atomic E-state index is 10.8. The van der Waals surface area contributed by atoms with Gasteiger partial charge in [-0.2, -0.15) is 0 Å². The highest BCUT2D eigenvalue weighted by molar-refractivity contribution is 8.00. The summed E-state index contributed by atoms with van der Waals surface area (Å²) in [6, 6.07) is 7.05. The Bertz CT molecular complexity index is 588. The van der Waals surface area contributed by atoms with Crippen LogP contribution in [0.1, 0.15) is 9.67 Å². The molecule has 0 atom stereocenters. The van der Waals surface area contributed by atoms with Gasteiger partial charge in [0, 0.05) is 9.60 Å². The first-order valence-corrected chi connectivity index (χ1v) is 6.48. The van der Waals surface area contributed by atoms with Gasteiger partial charge in [-0.1, -0.05) is 6.07 Å². The molecule has 0 aliphatic rings. The molecule has 0 aliphatic heterocycles. The van der Waals surface area contributed by atoms with E-state index in [1.807, 2.05) is 12.1 Å². The molecule has 2 aromatic rings. The molecule has 0 unspecified atom stereocenters. The molecular formula is C11H8O4S2. The average Bonchev–Trinajstić information content (AvgIpc) is 2.69. The maximum atomic E-state index is 10.8. The molecule has 0 saturated carbocycles. The molecule has 0 radical (unpaired) electrons. The van der Waals surface area contributed by atoms with E-state index in [1.54, 1.807) is 12.1 Å². The zero-order valence-electron chi connectivity index (χ0n) is 8.54. The topological polar surface area (TPSA) is 74.6 Å². The second-order valence-electron chi connectivity index (χ2n) is 3.30. The third-order valence-corrected chi connectivity index (χ3v) is 4.13. The van der Waals surface area contributed by atoms with E-state index in [4.69, 9.17) is 10.2 Å². The van der Waals surface area contributed by atoms with Crippen molar-refractivity contribution in [3.8, 4) is 0 Å². The minimum Gasteiger partial charge on any atom is -0.481 e. The molecule has 1 aromatic carbocycles. The van der Waals surface area contributed by atoms with Crippen LogP contribution >= 0.6 is 23.1 Å². The maximum Gasteiger partial charge on any atom is 0.345 e. The molecule has 88 valence electrons. The van der Waals surface area contributed by atoms with Gasteiger partial charge in [-0.25, -0.2) is 4.79 Å². The van der Waals surface area contributed by atoms with Gasteiger partial charge in [0.05, 0.1) is 5.75 Å². The fourth-order valence-corrected chi connectivity index (χ4v) is 3.02. The fraction of sp³-hybridized carbons (Fsp3) is 0.0909. The molecule has 0 bridgehead atoms. The van der Waals surface area contributed by atoms with Gasteiger partial charge in [0.1, 0.15) is 4.88 Å². The fourth-order valence-electron chi connectivity index (χ4n) is 1.35. The molecule has 0 aliphatic carbocycles. The number of fused-ring (bicyclic) bond motifs is 1. The zero-order valence-corrected chi connectivity index (χ0v) is 10.2. The van der Waals surface area contributed by atoms with Gasteiger partial charge in [-0.05, 0) is 23.6 Å². The second-order valence-corrected chi connectivity index (χ2v) is 5.43. The number of aromatic carboxylic acids is 1. The predicted octanol–water partition coefficient (Wildman–Crippen LogP) is 2.78. The molecule has 2 rings (SSSR count). The highest BCUT2D eigenvalue weighted by Gasteiger charge is 2.09. The van der Waals surface area contributed by atoms with Crippen LogP contribution in [0.2, 0.25) is 0 Å². The minimum absolute atomic E-state index is 0.00265. The molecule has 0 spiro atoms. The van der Waals surface area contributed by atoms with Crippen LogP contribution in [0.15, 0.2) is 29.2 Å². The van der Waals surface area contributed by atoms with Crippen molar-refractivity contribution in [3.05, 3.63) is 29.1 Å². The first kappa shape index (κ1) is 11.9. The predicted molar refractivity (Wildman–Crippen MR) is 67.1 cm³/mol. The molecule has 4 nitrogen and oxygen atoms in total. The summed E-state index contributed by atoms with van der Waals surface area (Å²) in [5, 5.41) is 18.3. The van der Waals surface area contributed by atoms with Crippen molar-refractivity contribution < 1.29 is 19.8 Å². The summed E-state index contributed by atoms with van der Waals surface area (Å²) in [6.07, 6.45) is 0. The molecule has 0 saturated heterocycles. The Morgan fingerprint density at radius 1 is 1.24 bits per heavy atom. The lowest BCUT2D eigenvalue weighted by atomic mass is 10.2. The van der Waals surface area contributed by atoms with Crippen LogP contribution in [-0.2, 0) is 4.79 Å². The number of carbonyl (C=O) groups is 2. The number of thioether (sulfide) groups is 1. The number of aliphatic carboxylic acids is 1. The van der Waals surface area contributed by atoms with Gasteiger partial charge in [0.15, 0.2) is 0 Å². The van der Waals surface area contributed by atoms with Crippen molar-refractivity contribution in [2.24, 2.45) is 0 Å². The molecule has 0 amide bonds. The summed E-state index contributed by atoms with van der Waals surface area (Å²) in [6.45, 7) is 0. The lowest BCUT2D eigenvalue weighted by Gasteiger charge is -1.97.